The van der Waals surface area contributed by atoms with E-state index in [-0.39, 0.29) is 24.6 Å². The summed E-state index contributed by atoms with van der Waals surface area (Å²) >= 11 is 0. The fourth-order valence-corrected chi connectivity index (χ4v) is 2.01. The number of hydrogen-bond donors (Lipinski definition) is 3. The molecular weight excluding hydrogens is 302 g/mol. The van der Waals surface area contributed by atoms with E-state index < -0.39 is 11.6 Å². The second-order valence-electron chi connectivity index (χ2n) is 4.96. The molecule has 0 aliphatic rings. The van der Waals surface area contributed by atoms with Crippen LogP contribution < -0.4 is 10.6 Å². The fourth-order valence-electron chi connectivity index (χ4n) is 2.01. The van der Waals surface area contributed by atoms with Crippen molar-refractivity contribution in [1.82, 2.24) is 5.32 Å². The minimum absolute atomic E-state index is 0.0144. The third-order valence-corrected chi connectivity index (χ3v) is 3.30. The van der Waals surface area contributed by atoms with Crippen LogP contribution in [0.3, 0.4) is 0 Å². The lowest BCUT2D eigenvalue weighted by Crippen LogP contribution is -2.24. The van der Waals surface area contributed by atoms with E-state index in [1.807, 2.05) is 0 Å². The van der Waals surface area contributed by atoms with Crippen LogP contribution in [0.2, 0.25) is 0 Å². The molecule has 0 fully saturated rings. The van der Waals surface area contributed by atoms with Crippen LogP contribution in [-0.2, 0) is 6.54 Å². The largest absolute Gasteiger partial charge is 0.396 e. The third kappa shape index (κ3) is 4.75. The summed E-state index contributed by atoms with van der Waals surface area (Å²) < 4.78 is 27.0. The van der Waals surface area contributed by atoms with E-state index in [9.17, 15) is 13.6 Å². The lowest BCUT2D eigenvalue weighted by molar-refractivity contribution is 0.0951. The second-order valence-corrected chi connectivity index (χ2v) is 4.96. The molecule has 0 radical (unpaired) electrons. The number of carbonyl (C=O) groups is 1. The number of hydrogen-bond acceptors (Lipinski definition) is 3. The molecule has 0 aromatic heterocycles. The van der Waals surface area contributed by atoms with Gasteiger partial charge in [0.05, 0.1) is 0 Å². The van der Waals surface area contributed by atoms with Crippen molar-refractivity contribution in [3.05, 3.63) is 65.2 Å². The van der Waals surface area contributed by atoms with Crippen LogP contribution in [0.5, 0.6) is 0 Å². The molecule has 0 saturated heterocycles. The lowest BCUT2D eigenvalue weighted by Gasteiger charge is -2.09. The number of benzene rings is 2. The van der Waals surface area contributed by atoms with E-state index in [2.05, 4.69) is 10.6 Å². The number of rotatable bonds is 7. The first kappa shape index (κ1) is 16.9. The Kier molecular flexibility index (Phi) is 6.05. The fraction of sp³-hybridized carbons (Fsp3) is 0.235. The topological polar surface area (TPSA) is 61.4 Å². The Hall–Kier alpha value is -2.47. The SMILES string of the molecule is O=C(NCCCO)c1ccc(NCc2c(F)cccc2F)cc1. The van der Waals surface area contributed by atoms with Crippen molar-refractivity contribution in [2.75, 3.05) is 18.5 Å². The summed E-state index contributed by atoms with van der Waals surface area (Å²) in [4.78, 5) is 11.8. The highest BCUT2D eigenvalue weighted by Gasteiger charge is 2.08. The smallest absolute Gasteiger partial charge is 0.251 e. The highest BCUT2D eigenvalue weighted by Crippen LogP contribution is 2.15. The lowest BCUT2D eigenvalue weighted by atomic mass is 10.1. The number of amides is 1. The molecule has 122 valence electrons. The highest BCUT2D eigenvalue weighted by atomic mass is 19.1. The number of carbonyl (C=O) groups excluding carboxylic acids is 1. The van der Waals surface area contributed by atoms with Crippen LogP contribution in [0.15, 0.2) is 42.5 Å². The molecule has 6 heteroatoms. The first-order valence-corrected chi connectivity index (χ1v) is 7.27. The van der Waals surface area contributed by atoms with Crippen molar-refractivity contribution in [2.24, 2.45) is 0 Å². The molecule has 2 aromatic carbocycles. The van der Waals surface area contributed by atoms with Crippen molar-refractivity contribution in [3.8, 4) is 0 Å². The predicted octanol–water partition coefficient (Wildman–Crippen LogP) is 2.69. The summed E-state index contributed by atoms with van der Waals surface area (Å²) in [6.07, 6.45) is 0.500. The van der Waals surface area contributed by atoms with Crippen molar-refractivity contribution in [3.63, 3.8) is 0 Å². The van der Waals surface area contributed by atoms with Gasteiger partial charge in [-0.2, -0.15) is 0 Å². The standard InChI is InChI=1S/C17H18F2N2O2/c18-15-3-1-4-16(19)14(15)11-21-13-7-5-12(6-8-13)17(23)20-9-2-10-22/h1,3-8,21-22H,2,9-11H2,(H,20,23). The Morgan fingerprint density at radius 1 is 1.04 bits per heavy atom. The number of halogens is 2. The van der Waals surface area contributed by atoms with Crippen LogP contribution in [0, 0.1) is 11.6 Å². The first-order valence-electron chi connectivity index (χ1n) is 7.27. The van der Waals surface area contributed by atoms with Gasteiger partial charge in [0.25, 0.3) is 5.91 Å². The zero-order chi connectivity index (χ0) is 16.7. The third-order valence-electron chi connectivity index (χ3n) is 3.30. The van der Waals surface area contributed by atoms with E-state index >= 15 is 0 Å². The Labute approximate surface area is 133 Å². The van der Waals surface area contributed by atoms with Gasteiger partial charge in [0.1, 0.15) is 11.6 Å². The number of aliphatic hydroxyl groups is 1. The average molecular weight is 320 g/mol. The van der Waals surface area contributed by atoms with Gasteiger partial charge in [-0.25, -0.2) is 8.78 Å². The van der Waals surface area contributed by atoms with Crippen LogP contribution in [0.25, 0.3) is 0 Å². The van der Waals surface area contributed by atoms with E-state index in [0.29, 0.717) is 24.2 Å². The van der Waals surface area contributed by atoms with E-state index in [1.165, 1.54) is 18.2 Å². The van der Waals surface area contributed by atoms with E-state index in [4.69, 9.17) is 5.11 Å². The molecule has 0 aliphatic heterocycles. The van der Waals surface area contributed by atoms with Gasteiger partial charge in [0, 0.05) is 36.5 Å². The molecule has 4 nitrogen and oxygen atoms in total. The Bertz CT molecular complexity index is 640. The molecular formula is C17H18F2N2O2. The molecule has 3 N–H and O–H groups in total. The summed E-state index contributed by atoms with van der Waals surface area (Å²) in [6, 6.07) is 10.3. The van der Waals surface area contributed by atoms with E-state index in [0.717, 1.165) is 0 Å². The monoisotopic (exact) mass is 320 g/mol. The molecule has 0 aliphatic carbocycles. The maximum atomic E-state index is 13.5. The van der Waals surface area contributed by atoms with Crippen LogP contribution in [-0.4, -0.2) is 24.2 Å². The van der Waals surface area contributed by atoms with Gasteiger partial charge >= 0.3 is 0 Å². The number of anilines is 1. The summed E-state index contributed by atoms with van der Waals surface area (Å²) in [6.45, 7) is 0.443. The maximum absolute atomic E-state index is 13.5. The van der Waals surface area contributed by atoms with Gasteiger partial charge in [-0.05, 0) is 42.8 Å². The van der Waals surface area contributed by atoms with Gasteiger partial charge in [-0.1, -0.05) is 6.07 Å². The summed E-state index contributed by atoms with van der Waals surface area (Å²) in [5.74, 6) is -1.43. The Morgan fingerprint density at radius 2 is 1.70 bits per heavy atom. The van der Waals surface area contributed by atoms with Gasteiger partial charge in [-0.3, -0.25) is 4.79 Å². The molecule has 2 aromatic rings. The van der Waals surface area contributed by atoms with Crippen molar-refractivity contribution in [2.45, 2.75) is 13.0 Å². The quantitative estimate of drug-likeness (QED) is 0.688. The summed E-state index contributed by atoms with van der Waals surface area (Å²) in [5.41, 5.74) is 1.10. The van der Waals surface area contributed by atoms with Crippen LogP contribution in [0.4, 0.5) is 14.5 Å². The molecule has 1 amide bonds. The summed E-state index contributed by atoms with van der Waals surface area (Å²) in [7, 11) is 0. The molecule has 0 atom stereocenters. The minimum Gasteiger partial charge on any atom is -0.396 e. The Balaban J connectivity index is 1.94. The predicted molar refractivity (Wildman–Crippen MR) is 84.2 cm³/mol. The maximum Gasteiger partial charge on any atom is 0.251 e. The van der Waals surface area contributed by atoms with Gasteiger partial charge in [0.15, 0.2) is 0 Å². The average Bonchev–Trinajstić information content (AvgIpc) is 2.55. The first-order chi connectivity index (χ1) is 11.1. The molecule has 0 saturated carbocycles. The van der Waals surface area contributed by atoms with Crippen molar-refractivity contribution < 1.29 is 18.7 Å². The van der Waals surface area contributed by atoms with Crippen molar-refractivity contribution >= 4 is 11.6 Å². The van der Waals surface area contributed by atoms with Crippen LogP contribution in [0.1, 0.15) is 22.3 Å². The highest BCUT2D eigenvalue weighted by molar-refractivity contribution is 5.94. The normalized spacial score (nSPS) is 10.4. The van der Waals surface area contributed by atoms with Gasteiger partial charge in [0.2, 0.25) is 0 Å². The molecule has 0 heterocycles. The van der Waals surface area contributed by atoms with Crippen LogP contribution >= 0.6 is 0 Å². The summed E-state index contributed by atoms with van der Waals surface area (Å²) in [5, 5.41) is 14.3. The molecule has 23 heavy (non-hydrogen) atoms. The zero-order valence-corrected chi connectivity index (χ0v) is 12.5. The Morgan fingerprint density at radius 3 is 2.30 bits per heavy atom. The van der Waals surface area contributed by atoms with Gasteiger partial charge < -0.3 is 15.7 Å². The number of aliphatic hydroxyl groups excluding tert-OH is 1. The van der Waals surface area contributed by atoms with Gasteiger partial charge in [-0.15, -0.1) is 0 Å². The van der Waals surface area contributed by atoms with Crippen molar-refractivity contribution in [1.29, 1.82) is 0 Å². The molecule has 2 rings (SSSR count). The molecule has 0 unspecified atom stereocenters. The van der Waals surface area contributed by atoms with E-state index in [1.54, 1.807) is 24.3 Å². The minimum atomic E-state index is -0.600. The zero-order valence-electron chi connectivity index (χ0n) is 12.5. The number of nitrogens with one attached hydrogen (secondary N) is 2. The molecule has 0 bridgehead atoms. The molecule has 0 spiro atoms. The second kappa shape index (κ2) is 8.24.